The van der Waals surface area contributed by atoms with Crippen LogP contribution < -0.4 is 10.6 Å². The highest BCUT2D eigenvalue weighted by atomic mass is 32.2. The number of hydrogen-bond acceptors (Lipinski definition) is 4. The van der Waals surface area contributed by atoms with Crippen molar-refractivity contribution in [3.63, 3.8) is 0 Å². The Hall–Kier alpha value is -3.04. The lowest BCUT2D eigenvalue weighted by atomic mass is 9.87. The van der Waals surface area contributed by atoms with Crippen molar-refractivity contribution in [3.05, 3.63) is 75.8 Å². The van der Waals surface area contributed by atoms with Gasteiger partial charge >= 0.3 is 0 Å². The number of anilines is 1. The zero-order valence-corrected chi connectivity index (χ0v) is 16.6. The van der Waals surface area contributed by atoms with Crippen LogP contribution in [-0.4, -0.2) is 17.6 Å². The van der Waals surface area contributed by atoms with E-state index in [0.717, 1.165) is 22.4 Å². The Morgan fingerprint density at radius 2 is 1.96 bits per heavy atom. The molecule has 28 heavy (non-hydrogen) atoms. The van der Waals surface area contributed by atoms with Crippen LogP contribution in [-0.2, 0) is 9.59 Å². The number of allylic oxidation sites excluding steroid dienone is 1. The number of rotatable bonds is 5. The highest BCUT2D eigenvalue weighted by Gasteiger charge is 2.29. The summed E-state index contributed by atoms with van der Waals surface area (Å²) < 4.78 is 0. The van der Waals surface area contributed by atoms with Crippen LogP contribution in [0.1, 0.15) is 29.0 Å². The van der Waals surface area contributed by atoms with Gasteiger partial charge in [0.25, 0.3) is 0 Å². The van der Waals surface area contributed by atoms with Gasteiger partial charge in [-0.2, -0.15) is 5.26 Å². The highest BCUT2D eigenvalue weighted by molar-refractivity contribution is 8.03. The number of hydrogen-bond donors (Lipinski definition) is 2. The van der Waals surface area contributed by atoms with Gasteiger partial charge in [0.2, 0.25) is 11.8 Å². The van der Waals surface area contributed by atoms with Crippen LogP contribution >= 0.6 is 11.8 Å². The molecule has 2 N–H and O–H groups in total. The molecule has 0 aliphatic carbocycles. The first-order valence-electron chi connectivity index (χ1n) is 8.97. The summed E-state index contributed by atoms with van der Waals surface area (Å²) in [6.07, 6.45) is 0.228. The van der Waals surface area contributed by atoms with Gasteiger partial charge in [-0.1, -0.05) is 54.2 Å². The Bertz CT molecular complexity index is 977. The first kappa shape index (κ1) is 19.7. The van der Waals surface area contributed by atoms with Crippen molar-refractivity contribution in [3.8, 4) is 6.07 Å². The topological polar surface area (TPSA) is 82.0 Å². The van der Waals surface area contributed by atoms with E-state index in [0.29, 0.717) is 10.6 Å². The molecule has 6 heteroatoms. The van der Waals surface area contributed by atoms with Crippen LogP contribution in [0.25, 0.3) is 0 Å². The fourth-order valence-corrected chi connectivity index (χ4v) is 3.99. The monoisotopic (exact) mass is 391 g/mol. The molecule has 1 unspecified atom stereocenters. The van der Waals surface area contributed by atoms with Crippen molar-refractivity contribution in [1.82, 2.24) is 5.32 Å². The van der Waals surface area contributed by atoms with E-state index in [1.165, 1.54) is 11.8 Å². The number of nitrogens with one attached hydrogen (secondary N) is 2. The summed E-state index contributed by atoms with van der Waals surface area (Å²) >= 11 is 1.18. The number of thioether (sulfide) groups is 1. The Morgan fingerprint density at radius 1 is 1.21 bits per heavy atom. The van der Waals surface area contributed by atoms with E-state index in [1.807, 2.05) is 62.4 Å². The molecule has 0 aromatic heterocycles. The minimum atomic E-state index is -0.287. The summed E-state index contributed by atoms with van der Waals surface area (Å²) in [5.74, 6) is -0.509. The van der Waals surface area contributed by atoms with Crippen molar-refractivity contribution < 1.29 is 9.59 Å². The molecule has 1 heterocycles. The maximum Gasteiger partial charge on any atom is 0.234 e. The van der Waals surface area contributed by atoms with Crippen LogP contribution in [0.2, 0.25) is 0 Å². The normalized spacial score (nSPS) is 16.3. The van der Waals surface area contributed by atoms with E-state index in [-0.39, 0.29) is 29.9 Å². The number of carbonyl (C=O) groups excluding carboxylic acids is 2. The lowest BCUT2D eigenvalue weighted by Crippen LogP contribution is -2.31. The standard InChI is InChI=1S/C22H21N3O2S/c1-14-7-6-10-19(15(14)2)24-21(27)13-28-22-18(12-23)17(11-20(26)25-22)16-8-4-3-5-9-16/h3-10,17H,11,13H2,1-2H3,(H,24,27)(H,25,26). The molecule has 0 bridgehead atoms. The predicted octanol–water partition coefficient (Wildman–Crippen LogP) is 4.01. The van der Waals surface area contributed by atoms with Gasteiger partial charge in [-0.25, -0.2) is 0 Å². The molecule has 1 atom stereocenters. The SMILES string of the molecule is Cc1cccc(NC(=O)CSC2=C(C#N)C(c3ccccc3)CC(=O)N2)c1C. The quantitative estimate of drug-likeness (QED) is 0.807. The third kappa shape index (κ3) is 4.44. The van der Waals surface area contributed by atoms with Crippen molar-refractivity contribution in [2.45, 2.75) is 26.2 Å². The Morgan fingerprint density at radius 3 is 2.68 bits per heavy atom. The average Bonchev–Trinajstić information content (AvgIpc) is 2.70. The molecule has 0 fully saturated rings. The molecular weight excluding hydrogens is 370 g/mol. The van der Waals surface area contributed by atoms with E-state index >= 15 is 0 Å². The second kappa shape index (κ2) is 8.77. The maximum atomic E-state index is 12.4. The molecule has 142 valence electrons. The molecule has 3 rings (SSSR count). The molecule has 2 amide bonds. The van der Waals surface area contributed by atoms with Gasteiger partial charge in [-0.05, 0) is 36.6 Å². The highest BCUT2D eigenvalue weighted by Crippen LogP contribution is 2.35. The summed E-state index contributed by atoms with van der Waals surface area (Å²) in [7, 11) is 0. The minimum Gasteiger partial charge on any atom is -0.325 e. The maximum absolute atomic E-state index is 12.4. The molecule has 0 saturated carbocycles. The average molecular weight is 391 g/mol. The minimum absolute atomic E-state index is 0.107. The van der Waals surface area contributed by atoms with E-state index < -0.39 is 0 Å². The molecule has 0 spiro atoms. The smallest absolute Gasteiger partial charge is 0.234 e. The van der Waals surface area contributed by atoms with Gasteiger partial charge in [-0.15, -0.1) is 0 Å². The van der Waals surface area contributed by atoms with Crippen molar-refractivity contribution in [2.75, 3.05) is 11.1 Å². The zero-order valence-electron chi connectivity index (χ0n) is 15.8. The molecule has 0 radical (unpaired) electrons. The Kier molecular flexibility index (Phi) is 6.17. The number of nitrogens with zero attached hydrogens (tertiary/aromatic N) is 1. The van der Waals surface area contributed by atoms with Gasteiger partial charge in [0.05, 0.1) is 22.4 Å². The largest absolute Gasteiger partial charge is 0.325 e. The number of amides is 2. The van der Waals surface area contributed by atoms with Crippen LogP contribution in [0.15, 0.2) is 59.1 Å². The second-order valence-corrected chi connectivity index (χ2v) is 7.64. The number of nitriles is 1. The zero-order chi connectivity index (χ0) is 20.1. The molecule has 1 aliphatic heterocycles. The summed E-state index contributed by atoms with van der Waals surface area (Å²) in [6.45, 7) is 3.95. The second-order valence-electron chi connectivity index (χ2n) is 6.65. The third-order valence-corrected chi connectivity index (χ3v) is 5.80. The fourth-order valence-electron chi connectivity index (χ4n) is 3.11. The molecule has 1 aliphatic rings. The first-order chi connectivity index (χ1) is 13.5. The molecular formula is C22H21N3O2S. The van der Waals surface area contributed by atoms with Crippen LogP contribution in [0.4, 0.5) is 5.69 Å². The van der Waals surface area contributed by atoms with Gasteiger partial charge in [0.1, 0.15) is 0 Å². The van der Waals surface area contributed by atoms with Gasteiger partial charge in [-0.3, -0.25) is 9.59 Å². The number of benzene rings is 2. The first-order valence-corrected chi connectivity index (χ1v) is 9.96. The Labute approximate surface area is 168 Å². The summed E-state index contributed by atoms with van der Waals surface area (Å²) in [5.41, 5.74) is 4.31. The Balaban J connectivity index is 1.75. The van der Waals surface area contributed by atoms with Crippen molar-refractivity contribution in [1.29, 1.82) is 5.26 Å². The van der Waals surface area contributed by atoms with Crippen molar-refractivity contribution in [2.24, 2.45) is 0 Å². The van der Waals surface area contributed by atoms with Crippen LogP contribution in [0.5, 0.6) is 0 Å². The predicted molar refractivity (Wildman–Crippen MR) is 112 cm³/mol. The third-order valence-electron chi connectivity index (χ3n) is 4.78. The molecule has 2 aromatic rings. The van der Waals surface area contributed by atoms with E-state index in [2.05, 4.69) is 16.7 Å². The van der Waals surface area contributed by atoms with E-state index in [9.17, 15) is 14.9 Å². The van der Waals surface area contributed by atoms with Crippen LogP contribution in [0.3, 0.4) is 0 Å². The lowest BCUT2D eigenvalue weighted by molar-refractivity contribution is -0.121. The lowest BCUT2D eigenvalue weighted by Gasteiger charge is -2.25. The van der Waals surface area contributed by atoms with E-state index in [1.54, 1.807) is 0 Å². The summed E-state index contributed by atoms with van der Waals surface area (Å²) in [5, 5.41) is 15.8. The fraction of sp³-hybridized carbons (Fsp3) is 0.227. The molecule has 5 nitrogen and oxygen atoms in total. The summed E-state index contributed by atoms with van der Waals surface area (Å²) in [4.78, 5) is 24.6. The van der Waals surface area contributed by atoms with Gasteiger partial charge in [0.15, 0.2) is 0 Å². The number of aryl methyl sites for hydroxylation is 1. The van der Waals surface area contributed by atoms with Crippen molar-refractivity contribution >= 4 is 29.3 Å². The summed E-state index contributed by atoms with van der Waals surface area (Å²) in [6, 6.07) is 17.5. The van der Waals surface area contributed by atoms with Gasteiger partial charge < -0.3 is 10.6 Å². The number of carbonyl (C=O) groups is 2. The molecule has 2 aromatic carbocycles. The van der Waals surface area contributed by atoms with Crippen LogP contribution in [0, 0.1) is 25.2 Å². The molecule has 0 saturated heterocycles. The van der Waals surface area contributed by atoms with Gasteiger partial charge in [0, 0.05) is 18.0 Å². The van der Waals surface area contributed by atoms with E-state index in [4.69, 9.17) is 0 Å².